The third kappa shape index (κ3) is 2.83. The smallest absolute Gasteiger partial charge is 0.134 e. The van der Waals surface area contributed by atoms with Crippen LogP contribution in [0.25, 0.3) is 5.57 Å². The molecule has 4 heteroatoms. The molecule has 1 aliphatic rings. The largest absolute Gasteiger partial charge is 0.411 e. The highest BCUT2D eigenvalue weighted by Crippen LogP contribution is 2.36. The molecule has 2 rings (SSSR count). The van der Waals surface area contributed by atoms with E-state index in [2.05, 4.69) is 12.1 Å². The van der Waals surface area contributed by atoms with Gasteiger partial charge < -0.3 is 5.21 Å². The van der Waals surface area contributed by atoms with Gasteiger partial charge in [-0.15, -0.1) is 0 Å². The van der Waals surface area contributed by atoms with Gasteiger partial charge in [-0.05, 0) is 37.8 Å². The van der Waals surface area contributed by atoms with Crippen LogP contribution in [0.5, 0.6) is 0 Å². The zero-order valence-electron chi connectivity index (χ0n) is 10.9. The number of allylic oxidation sites excluding steroid dienone is 2. The fourth-order valence-corrected chi connectivity index (χ4v) is 2.50. The highest BCUT2D eigenvalue weighted by atomic mass is 19.1. The van der Waals surface area contributed by atoms with Gasteiger partial charge in [-0.2, -0.15) is 0 Å². The van der Waals surface area contributed by atoms with E-state index in [0.717, 1.165) is 37.3 Å². The SMILES string of the molecule is CCCCC1=C(c2ccc(F)cc2F)C(=NO)CC1. The Balaban J connectivity index is 2.46. The quantitative estimate of drug-likeness (QED) is 0.629. The van der Waals surface area contributed by atoms with Gasteiger partial charge in [0, 0.05) is 17.2 Å². The molecule has 0 aliphatic heterocycles. The number of halogens is 2. The molecule has 0 amide bonds. The molecule has 0 bridgehead atoms. The van der Waals surface area contributed by atoms with Gasteiger partial charge in [0.2, 0.25) is 0 Å². The fraction of sp³-hybridized carbons (Fsp3) is 0.400. The molecule has 0 atom stereocenters. The predicted octanol–water partition coefficient (Wildman–Crippen LogP) is 4.53. The summed E-state index contributed by atoms with van der Waals surface area (Å²) in [6.45, 7) is 2.09. The molecule has 0 fully saturated rings. The van der Waals surface area contributed by atoms with Crippen LogP contribution >= 0.6 is 0 Å². The van der Waals surface area contributed by atoms with E-state index in [-0.39, 0.29) is 0 Å². The number of unbranched alkanes of at least 4 members (excludes halogenated alkanes) is 1. The Bertz CT molecular complexity index is 535. The lowest BCUT2D eigenvalue weighted by Crippen LogP contribution is -2.00. The maximum Gasteiger partial charge on any atom is 0.134 e. The first kappa shape index (κ1) is 13.7. The van der Waals surface area contributed by atoms with Crippen molar-refractivity contribution in [2.45, 2.75) is 39.0 Å². The van der Waals surface area contributed by atoms with E-state index in [1.807, 2.05) is 0 Å². The molecular weight excluding hydrogens is 248 g/mol. The fourth-order valence-electron chi connectivity index (χ4n) is 2.50. The lowest BCUT2D eigenvalue weighted by Gasteiger charge is -2.09. The minimum Gasteiger partial charge on any atom is -0.411 e. The van der Waals surface area contributed by atoms with Crippen LogP contribution in [0.2, 0.25) is 0 Å². The second kappa shape index (κ2) is 5.95. The summed E-state index contributed by atoms with van der Waals surface area (Å²) in [6.07, 6.45) is 4.32. The molecule has 1 N–H and O–H groups in total. The second-order valence-corrected chi connectivity index (χ2v) is 4.75. The van der Waals surface area contributed by atoms with Gasteiger partial charge in [-0.25, -0.2) is 8.78 Å². The Labute approximate surface area is 111 Å². The first-order valence-electron chi connectivity index (χ1n) is 6.56. The average Bonchev–Trinajstić information content (AvgIpc) is 2.79. The normalized spacial score (nSPS) is 17.5. The second-order valence-electron chi connectivity index (χ2n) is 4.75. The molecule has 0 saturated carbocycles. The third-order valence-electron chi connectivity index (χ3n) is 3.46. The number of oxime groups is 1. The minimum absolute atomic E-state index is 0.331. The molecule has 0 radical (unpaired) electrons. The van der Waals surface area contributed by atoms with Crippen molar-refractivity contribution in [3.05, 3.63) is 41.0 Å². The molecule has 0 unspecified atom stereocenters. The lowest BCUT2D eigenvalue weighted by molar-refractivity contribution is 0.319. The number of rotatable bonds is 4. The van der Waals surface area contributed by atoms with Crippen molar-refractivity contribution < 1.29 is 14.0 Å². The summed E-state index contributed by atoms with van der Waals surface area (Å²) in [7, 11) is 0. The first-order chi connectivity index (χ1) is 9.17. The van der Waals surface area contributed by atoms with Gasteiger partial charge in [0.25, 0.3) is 0 Å². The molecule has 19 heavy (non-hydrogen) atoms. The van der Waals surface area contributed by atoms with Gasteiger partial charge in [-0.1, -0.05) is 24.1 Å². The van der Waals surface area contributed by atoms with Gasteiger partial charge >= 0.3 is 0 Å². The maximum absolute atomic E-state index is 13.9. The molecule has 102 valence electrons. The molecule has 0 spiro atoms. The molecule has 1 aromatic carbocycles. The Morgan fingerprint density at radius 3 is 2.68 bits per heavy atom. The van der Waals surface area contributed by atoms with E-state index >= 15 is 0 Å². The number of benzene rings is 1. The van der Waals surface area contributed by atoms with Crippen LogP contribution in [0.4, 0.5) is 8.78 Å². The Morgan fingerprint density at radius 2 is 2.05 bits per heavy atom. The maximum atomic E-state index is 13.9. The lowest BCUT2D eigenvalue weighted by atomic mass is 9.97. The molecule has 1 aliphatic carbocycles. The van der Waals surface area contributed by atoms with E-state index in [9.17, 15) is 8.78 Å². The Kier molecular flexibility index (Phi) is 4.30. The van der Waals surface area contributed by atoms with Crippen molar-refractivity contribution in [1.82, 2.24) is 0 Å². The number of hydrogen-bond donors (Lipinski definition) is 1. The van der Waals surface area contributed by atoms with Crippen LogP contribution in [0.3, 0.4) is 0 Å². The summed E-state index contributed by atoms with van der Waals surface area (Å²) in [5, 5.41) is 12.3. The van der Waals surface area contributed by atoms with Crippen LogP contribution in [0, 0.1) is 11.6 Å². The molecule has 0 aromatic heterocycles. The first-order valence-corrected chi connectivity index (χ1v) is 6.56. The van der Waals surface area contributed by atoms with Gasteiger partial charge in [0.05, 0.1) is 5.71 Å². The number of nitrogens with zero attached hydrogens (tertiary/aromatic N) is 1. The monoisotopic (exact) mass is 265 g/mol. The van der Waals surface area contributed by atoms with Gasteiger partial charge in [-0.3, -0.25) is 0 Å². The van der Waals surface area contributed by atoms with E-state index in [1.165, 1.54) is 12.1 Å². The van der Waals surface area contributed by atoms with Crippen molar-refractivity contribution in [3.63, 3.8) is 0 Å². The minimum atomic E-state index is -0.605. The van der Waals surface area contributed by atoms with E-state index in [4.69, 9.17) is 5.21 Å². The Morgan fingerprint density at radius 1 is 1.26 bits per heavy atom. The van der Waals surface area contributed by atoms with E-state index in [0.29, 0.717) is 23.3 Å². The van der Waals surface area contributed by atoms with Crippen LogP contribution in [0.15, 0.2) is 28.9 Å². The predicted molar refractivity (Wildman–Crippen MR) is 71.3 cm³/mol. The van der Waals surface area contributed by atoms with Crippen molar-refractivity contribution >= 4 is 11.3 Å². The molecule has 2 nitrogen and oxygen atoms in total. The summed E-state index contributed by atoms with van der Waals surface area (Å²) in [6, 6.07) is 3.52. The highest BCUT2D eigenvalue weighted by Gasteiger charge is 2.25. The van der Waals surface area contributed by atoms with Crippen molar-refractivity contribution in [1.29, 1.82) is 0 Å². The van der Waals surface area contributed by atoms with Crippen LogP contribution in [0.1, 0.15) is 44.6 Å². The molecule has 0 saturated heterocycles. The number of hydrogen-bond acceptors (Lipinski definition) is 2. The average molecular weight is 265 g/mol. The van der Waals surface area contributed by atoms with Crippen molar-refractivity contribution in [2.75, 3.05) is 0 Å². The standard InChI is InChI=1S/C15H17F2NO/c1-2-3-4-10-5-8-14(18-19)15(10)12-7-6-11(16)9-13(12)17/h6-7,9,19H,2-5,8H2,1H3. The third-order valence-corrected chi connectivity index (χ3v) is 3.46. The van der Waals surface area contributed by atoms with Crippen molar-refractivity contribution in [3.8, 4) is 0 Å². The van der Waals surface area contributed by atoms with Gasteiger partial charge in [0.1, 0.15) is 11.6 Å². The topological polar surface area (TPSA) is 32.6 Å². The van der Waals surface area contributed by atoms with Crippen LogP contribution in [-0.4, -0.2) is 10.9 Å². The highest BCUT2D eigenvalue weighted by molar-refractivity contribution is 6.26. The zero-order valence-corrected chi connectivity index (χ0v) is 10.9. The summed E-state index contributed by atoms with van der Waals surface area (Å²) in [5.41, 5.74) is 2.59. The zero-order chi connectivity index (χ0) is 13.8. The summed E-state index contributed by atoms with van der Waals surface area (Å²) >= 11 is 0. The molecule has 0 heterocycles. The molecule has 1 aromatic rings. The van der Waals surface area contributed by atoms with Gasteiger partial charge in [0.15, 0.2) is 0 Å². The molecular formula is C15H17F2NO. The van der Waals surface area contributed by atoms with E-state index in [1.54, 1.807) is 0 Å². The van der Waals surface area contributed by atoms with E-state index < -0.39 is 11.6 Å². The van der Waals surface area contributed by atoms with Crippen LogP contribution < -0.4 is 0 Å². The van der Waals surface area contributed by atoms with Crippen molar-refractivity contribution in [2.24, 2.45) is 5.16 Å². The van der Waals surface area contributed by atoms with Crippen LogP contribution in [-0.2, 0) is 0 Å². The summed E-state index contributed by atoms with van der Waals surface area (Å²) < 4.78 is 26.9. The summed E-state index contributed by atoms with van der Waals surface area (Å²) in [5.74, 6) is -1.20. The Hall–Kier alpha value is -1.71. The summed E-state index contributed by atoms with van der Waals surface area (Å²) in [4.78, 5) is 0.